The molecule has 0 fully saturated rings. The second-order valence-corrected chi connectivity index (χ2v) is 8.32. The van der Waals surface area contributed by atoms with E-state index in [-0.39, 0.29) is 34.9 Å². The van der Waals surface area contributed by atoms with E-state index >= 15 is 0 Å². The van der Waals surface area contributed by atoms with Crippen LogP contribution >= 0.6 is 0 Å². The Balaban J connectivity index is 1.76. The van der Waals surface area contributed by atoms with Crippen molar-refractivity contribution in [3.8, 4) is 0 Å². The molecule has 8 nitrogen and oxygen atoms in total. The molecule has 3 N–H and O–H groups in total. The van der Waals surface area contributed by atoms with Crippen LogP contribution in [0.15, 0.2) is 42.3 Å². The summed E-state index contributed by atoms with van der Waals surface area (Å²) in [5.74, 6) is 0.406. The maximum atomic E-state index is 13.5. The number of halogens is 3. The van der Waals surface area contributed by atoms with Gasteiger partial charge in [0.05, 0.1) is 35.3 Å². The molecule has 1 aliphatic rings. The van der Waals surface area contributed by atoms with Gasteiger partial charge in [-0.25, -0.2) is 14.8 Å². The molecule has 2 amide bonds. The first kappa shape index (κ1) is 25.9. The number of benzene rings is 1. The lowest BCUT2D eigenvalue weighted by atomic mass is 9.92. The number of aliphatic hydroxyl groups is 1. The minimum atomic E-state index is -4.72. The van der Waals surface area contributed by atoms with E-state index in [4.69, 9.17) is 4.74 Å². The van der Waals surface area contributed by atoms with Gasteiger partial charge in [-0.2, -0.15) is 13.2 Å². The molecule has 1 heterocycles. The SMILES string of the molecule is CCOC1=CC(c2ncc(NC(=O)Nc3ccc(C(C)(C)O)c(C(F)(F)F)c3)c(C)n2)=CCC1=O. The minimum Gasteiger partial charge on any atom is -0.490 e. The van der Waals surface area contributed by atoms with Gasteiger partial charge in [-0.1, -0.05) is 12.1 Å². The molecule has 0 unspecified atom stereocenters. The van der Waals surface area contributed by atoms with Gasteiger partial charge in [-0.05, 0) is 51.5 Å². The van der Waals surface area contributed by atoms with Crippen LogP contribution in [0.1, 0.15) is 49.8 Å². The predicted molar refractivity (Wildman–Crippen MR) is 123 cm³/mol. The summed E-state index contributed by atoms with van der Waals surface area (Å²) in [6.07, 6.45) is 0.0203. The van der Waals surface area contributed by atoms with Crippen molar-refractivity contribution in [1.29, 1.82) is 0 Å². The number of aryl methyl sites for hydroxylation is 1. The van der Waals surface area contributed by atoms with Gasteiger partial charge < -0.3 is 20.5 Å². The Bertz CT molecular complexity index is 1210. The van der Waals surface area contributed by atoms with Gasteiger partial charge in [0.25, 0.3) is 0 Å². The fourth-order valence-electron chi connectivity index (χ4n) is 3.42. The molecular formula is C24H25F3N4O4. The molecule has 0 saturated heterocycles. The van der Waals surface area contributed by atoms with Crippen molar-refractivity contribution in [3.63, 3.8) is 0 Å². The molecule has 3 rings (SSSR count). The highest BCUT2D eigenvalue weighted by Gasteiger charge is 2.37. The molecule has 0 aliphatic heterocycles. The Morgan fingerprint density at radius 3 is 2.51 bits per heavy atom. The third kappa shape index (κ3) is 6.24. The summed E-state index contributed by atoms with van der Waals surface area (Å²) in [5.41, 5.74) is -1.94. The Kier molecular flexibility index (Phi) is 7.30. The van der Waals surface area contributed by atoms with E-state index in [9.17, 15) is 27.9 Å². The summed E-state index contributed by atoms with van der Waals surface area (Å²) in [5, 5.41) is 14.9. The Morgan fingerprint density at radius 2 is 1.91 bits per heavy atom. The lowest BCUT2D eigenvalue weighted by molar-refractivity contribution is -0.140. The number of carbonyl (C=O) groups excluding carboxylic acids is 2. The van der Waals surface area contributed by atoms with Gasteiger partial charge in [0, 0.05) is 17.7 Å². The Hall–Kier alpha value is -3.73. The van der Waals surface area contributed by atoms with E-state index in [1.165, 1.54) is 26.1 Å². The van der Waals surface area contributed by atoms with Crippen LogP contribution in [0.25, 0.3) is 5.57 Å². The number of nitrogens with one attached hydrogen (secondary N) is 2. The minimum absolute atomic E-state index is 0.108. The molecule has 35 heavy (non-hydrogen) atoms. The molecule has 2 aromatic rings. The lowest BCUT2D eigenvalue weighted by Crippen LogP contribution is -2.24. The highest BCUT2D eigenvalue weighted by molar-refractivity contribution is 6.01. The zero-order valence-corrected chi connectivity index (χ0v) is 19.6. The fourth-order valence-corrected chi connectivity index (χ4v) is 3.42. The van der Waals surface area contributed by atoms with Gasteiger partial charge >= 0.3 is 12.2 Å². The zero-order chi connectivity index (χ0) is 26.0. The van der Waals surface area contributed by atoms with E-state index in [1.807, 2.05) is 0 Å². The number of urea groups is 1. The average molecular weight is 490 g/mol. The van der Waals surface area contributed by atoms with Crippen molar-refractivity contribution in [2.24, 2.45) is 0 Å². The summed E-state index contributed by atoms with van der Waals surface area (Å²) >= 11 is 0. The fraction of sp³-hybridized carbons (Fsp3) is 0.333. The first-order valence-corrected chi connectivity index (χ1v) is 10.7. The molecule has 1 aliphatic carbocycles. The van der Waals surface area contributed by atoms with Crippen LogP contribution in [0, 0.1) is 6.92 Å². The van der Waals surface area contributed by atoms with Crippen LogP contribution in [0.4, 0.5) is 29.3 Å². The van der Waals surface area contributed by atoms with Crippen molar-refractivity contribution in [3.05, 3.63) is 65.0 Å². The molecule has 0 spiro atoms. The molecule has 186 valence electrons. The van der Waals surface area contributed by atoms with Crippen molar-refractivity contribution < 1.29 is 32.6 Å². The van der Waals surface area contributed by atoms with E-state index in [2.05, 4.69) is 20.6 Å². The topological polar surface area (TPSA) is 113 Å². The van der Waals surface area contributed by atoms with Crippen LogP contribution < -0.4 is 10.6 Å². The van der Waals surface area contributed by atoms with E-state index in [1.54, 1.807) is 26.0 Å². The van der Waals surface area contributed by atoms with Crippen LogP contribution in [0.2, 0.25) is 0 Å². The maximum Gasteiger partial charge on any atom is 0.416 e. The highest BCUT2D eigenvalue weighted by atomic mass is 19.4. The summed E-state index contributed by atoms with van der Waals surface area (Å²) in [7, 11) is 0. The number of ketones is 1. The van der Waals surface area contributed by atoms with Gasteiger partial charge in [0.15, 0.2) is 11.6 Å². The summed E-state index contributed by atoms with van der Waals surface area (Å²) in [6.45, 7) is 6.23. The number of aromatic nitrogens is 2. The number of nitrogens with zero attached hydrogens (tertiary/aromatic N) is 2. The van der Waals surface area contributed by atoms with Crippen molar-refractivity contribution in [2.75, 3.05) is 17.2 Å². The first-order valence-electron chi connectivity index (χ1n) is 10.7. The van der Waals surface area contributed by atoms with Gasteiger partial charge in [-0.3, -0.25) is 4.79 Å². The van der Waals surface area contributed by atoms with E-state index in [0.29, 0.717) is 23.7 Å². The van der Waals surface area contributed by atoms with Crippen LogP contribution in [-0.2, 0) is 21.3 Å². The lowest BCUT2D eigenvalue weighted by Gasteiger charge is -2.23. The highest BCUT2D eigenvalue weighted by Crippen LogP contribution is 2.38. The molecule has 1 aromatic carbocycles. The molecular weight excluding hydrogens is 465 g/mol. The largest absolute Gasteiger partial charge is 0.490 e. The normalized spacial score (nSPS) is 14.2. The first-order chi connectivity index (χ1) is 16.3. The second-order valence-electron chi connectivity index (χ2n) is 8.32. The number of rotatable bonds is 6. The number of alkyl halides is 3. The number of ether oxygens (including phenoxy) is 1. The van der Waals surface area contributed by atoms with Gasteiger partial charge in [-0.15, -0.1) is 0 Å². The molecule has 0 bridgehead atoms. The van der Waals surface area contributed by atoms with E-state index in [0.717, 1.165) is 12.1 Å². The molecule has 0 radical (unpaired) electrons. The zero-order valence-electron chi connectivity index (χ0n) is 19.6. The monoisotopic (exact) mass is 490 g/mol. The van der Waals surface area contributed by atoms with Crippen molar-refractivity contribution >= 4 is 28.8 Å². The number of carbonyl (C=O) groups is 2. The third-order valence-corrected chi connectivity index (χ3v) is 5.10. The van der Waals surface area contributed by atoms with Crippen LogP contribution in [0.3, 0.4) is 0 Å². The Morgan fingerprint density at radius 1 is 1.20 bits per heavy atom. The summed E-state index contributed by atoms with van der Waals surface area (Å²) in [6, 6.07) is 2.36. The molecule has 1 aromatic heterocycles. The molecule has 0 atom stereocenters. The standard InChI is InChI=1S/C24H25F3N4O4/c1-5-35-20-10-14(6-9-19(20)32)21-28-12-18(13(2)29-21)31-22(33)30-15-7-8-16(23(3,4)34)17(11-15)24(25,26)27/h6-8,10-12,34H,5,9H2,1-4H3,(H2,30,31,33). The van der Waals surface area contributed by atoms with Crippen LogP contribution in [-0.4, -0.2) is 33.5 Å². The molecule has 11 heteroatoms. The third-order valence-electron chi connectivity index (χ3n) is 5.10. The second kappa shape index (κ2) is 9.87. The maximum absolute atomic E-state index is 13.5. The number of anilines is 2. The van der Waals surface area contributed by atoms with E-state index < -0.39 is 23.4 Å². The number of amides is 2. The number of hydrogen-bond donors (Lipinski definition) is 3. The Labute approximate surface area is 199 Å². The van der Waals surface area contributed by atoms with Gasteiger partial charge in [0.2, 0.25) is 5.78 Å². The number of Topliss-reactive ketones (excluding diaryl/α,β-unsaturated/α-hetero) is 1. The summed E-state index contributed by atoms with van der Waals surface area (Å²) in [4.78, 5) is 32.9. The quantitative estimate of drug-likeness (QED) is 0.528. The smallest absolute Gasteiger partial charge is 0.416 e. The summed E-state index contributed by atoms with van der Waals surface area (Å²) < 4.78 is 45.8. The average Bonchev–Trinajstić information content (AvgIpc) is 2.75. The van der Waals surface area contributed by atoms with Crippen molar-refractivity contribution in [2.45, 2.75) is 45.9 Å². The number of allylic oxidation sites excluding steroid dienone is 4. The van der Waals surface area contributed by atoms with Gasteiger partial charge in [0.1, 0.15) is 0 Å². The van der Waals surface area contributed by atoms with Crippen LogP contribution in [0.5, 0.6) is 0 Å². The van der Waals surface area contributed by atoms with Crippen molar-refractivity contribution in [1.82, 2.24) is 9.97 Å². The molecule has 0 saturated carbocycles. The number of hydrogen-bond acceptors (Lipinski definition) is 6. The predicted octanol–water partition coefficient (Wildman–Crippen LogP) is 4.95.